The van der Waals surface area contributed by atoms with Gasteiger partial charge in [0.2, 0.25) is 0 Å². The molecule has 2 atom stereocenters. The SMILES string of the molecule is CCC(CC)n1ccc(CC2CNCCC2C)n1. The minimum atomic E-state index is 0.570. The second-order valence-electron chi connectivity index (χ2n) is 5.69. The maximum atomic E-state index is 4.77. The molecule has 1 aromatic rings. The Kier molecular flexibility index (Phi) is 4.81. The predicted molar refractivity (Wildman–Crippen MR) is 75.7 cm³/mol. The van der Waals surface area contributed by atoms with E-state index in [0.717, 1.165) is 24.8 Å². The van der Waals surface area contributed by atoms with Gasteiger partial charge in [0, 0.05) is 6.20 Å². The maximum absolute atomic E-state index is 4.77. The Morgan fingerprint density at radius 3 is 2.89 bits per heavy atom. The van der Waals surface area contributed by atoms with Crippen molar-refractivity contribution in [1.29, 1.82) is 0 Å². The van der Waals surface area contributed by atoms with Crippen molar-refractivity contribution in [2.45, 2.75) is 52.5 Å². The molecular formula is C15H27N3. The van der Waals surface area contributed by atoms with Gasteiger partial charge in [0.25, 0.3) is 0 Å². The minimum Gasteiger partial charge on any atom is -0.316 e. The predicted octanol–water partition coefficient (Wildman–Crippen LogP) is 3.03. The van der Waals surface area contributed by atoms with Gasteiger partial charge in [0.1, 0.15) is 0 Å². The Balaban J connectivity index is 1.97. The molecule has 0 amide bonds. The van der Waals surface area contributed by atoms with Gasteiger partial charge in [0.15, 0.2) is 0 Å². The van der Waals surface area contributed by atoms with Crippen LogP contribution < -0.4 is 5.32 Å². The average molecular weight is 249 g/mol. The molecule has 3 heteroatoms. The summed E-state index contributed by atoms with van der Waals surface area (Å²) in [4.78, 5) is 0. The number of nitrogens with one attached hydrogen (secondary N) is 1. The molecule has 1 aromatic heterocycles. The lowest BCUT2D eigenvalue weighted by Gasteiger charge is -2.28. The molecule has 2 heterocycles. The van der Waals surface area contributed by atoms with E-state index in [1.54, 1.807) is 0 Å². The minimum absolute atomic E-state index is 0.570. The van der Waals surface area contributed by atoms with Crippen LogP contribution in [0, 0.1) is 11.8 Å². The quantitative estimate of drug-likeness (QED) is 0.869. The molecule has 2 unspecified atom stereocenters. The van der Waals surface area contributed by atoms with Crippen LogP contribution in [0.2, 0.25) is 0 Å². The number of piperidine rings is 1. The van der Waals surface area contributed by atoms with Crippen molar-refractivity contribution in [2.24, 2.45) is 11.8 Å². The lowest BCUT2D eigenvalue weighted by molar-refractivity contribution is 0.270. The Bertz CT molecular complexity index is 354. The Labute approximate surface area is 111 Å². The summed E-state index contributed by atoms with van der Waals surface area (Å²) in [5.74, 6) is 1.58. The molecule has 0 saturated carbocycles. The van der Waals surface area contributed by atoms with Gasteiger partial charge in [-0.05, 0) is 56.7 Å². The fourth-order valence-electron chi connectivity index (χ4n) is 2.95. The van der Waals surface area contributed by atoms with Crippen molar-refractivity contribution >= 4 is 0 Å². The summed E-state index contributed by atoms with van der Waals surface area (Å²) in [6, 6.07) is 2.78. The molecule has 0 radical (unpaired) electrons. The highest BCUT2D eigenvalue weighted by Gasteiger charge is 2.22. The second kappa shape index (κ2) is 6.37. The van der Waals surface area contributed by atoms with Crippen molar-refractivity contribution in [3.63, 3.8) is 0 Å². The van der Waals surface area contributed by atoms with Gasteiger partial charge >= 0.3 is 0 Å². The van der Waals surface area contributed by atoms with Crippen LogP contribution in [0.15, 0.2) is 12.3 Å². The smallest absolute Gasteiger partial charge is 0.0628 e. The van der Waals surface area contributed by atoms with E-state index in [4.69, 9.17) is 5.10 Å². The zero-order chi connectivity index (χ0) is 13.0. The molecule has 18 heavy (non-hydrogen) atoms. The van der Waals surface area contributed by atoms with Crippen LogP contribution >= 0.6 is 0 Å². The van der Waals surface area contributed by atoms with Crippen molar-refractivity contribution in [3.05, 3.63) is 18.0 Å². The first-order chi connectivity index (χ1) is 8.74. The first kappa shape index (κ1) is 13.6. The molecular weight excluding hydrogens is 222 g/mol. The van der Waals surface area contributed by atoms with Crippen molar-refractivity contribution in [3.8, 4) is 0 Å². The van der Waals surface area contributed by atoms with E-state index in [-0.39, 0.29) is 0 Å². The summed E-state index contributed by atoms with van der Waals surface area (Å²) in [7, 11) is 0. The van der Waals surface area contributed by atoms with Crippen LogP contribution in [0.25, 0.3) is 0 Å². The van der Waals surface area contributed by atoms with E-state index in [1.807, 2.05) is 0 Å². The van der Waals surface area contributed by atoms with Crippen molar-refractivity contribution < 1.29 is 0 Å². The van der Waals surface area contributed by atoms with E-state index >= 15 is 0 Å². The van der Waals surface area contributed by atoms with Crippen LogP contribution in [0.1, 0.15) is 51.8 Å². The summed E-state index contributed by atoms with van der Waals surface area (Å²) in [5.41, 5.74) is 1.27. The van der Waals surface area contributed by atoms with Crippen molar-refractivity contribution in [1.82, 2.24) is 15.1 Å². The lowest BCUT2D eigenvalue weighted by Crippen LogP contribution is -2.36. The monoisotopic (exact) mass is 249 g/mol. The Morgan fingerprint density at radius 1 is 1.44 bits per heavy atom. The highest BCUT2D eigenvalue weighted by molar-refractivity contribution is 5.02. The van der Waals surface area contributed by atoms with E-state index in [0.29, 0.717) is 6.04 Å². The van der Waals surface area contributed by atoms with Crippen LogP contribution in [0.5, 0.6) is 0 Å². The molecule has 1 fully saturated rings. The standard InChI is InChI=1S/C15H27N3/c1-4-15(5-2)18-9-7-14(17-18)10-13-11-16-8-6-12(13)3/h7,9,12-13,15-16H,4-6,8,10-11H2,1-3H3. The van der Waals surface area contributed by atoms with Gasteiger partial charge in [-0.2, -0.15) is 5.10 Å². The summed E-state index contributed by atoms with van der Waals surface area (Å²) in [6.45, 7) is 9.19. The molecule has 2 rings (SSSR count). The van der Waals surface area contributed by atoms with E-state index in [1.165, 1.54) is 31.5 Å². The molecule has 0 aliphatic carbocycles. The van der Waals surface area contributed by atoms with Crippen LogP contribution in [-0.4, -0.2) is 22.9 Å². The third-order valence-corrected chi connectivity index (χ3v) is 4.44. The zero-order valence-corrected chi connectivity index (χ0v) is 12.0. The summed E-state index contributed by atoms with van der Waals surface area (Å²) >= 11 is 0. The number of nitrogens with zero attached hydrogens (tertiary/aromatic N) is 2. The third-order valence-electron chi connectivity index (χ3n) is 4.44. The first-order valence-electron chi connectivity index (χ1n) is 7.49. The topological polar surface area (TPSA) is 29.9 Å². The van der Waals surface area contributed by atoms with Gasteiger partial charge in [-0.1, -0.05) is 20.8 Å². The van der Waals surface area contributed by atoms with Crippen LogP contribution in [0.3, 0.4) is 0 Å². The number of rotatable bonds is 5. The maximum Gasteiger partial charge on any atom is 0.0628 e. The van der Waals surface area contributed by atoms with Crippen LogP contribution in [0.4, 0.5) is 0 Å². The van der Waals surface area contributed by atoms with Gasteiger partial charge in [0.05, 0.1) is 11.7 Å². The number of hydrogen-bond donors (Lipinski definition) is 1. The normalized spacial score (nSPS) is 24.7. The summed E-state index contributed by atoms with van der Waals surface area (Å²) in [6.07, 6.45) is 6.92. The number of hydrogen-bond acceptors (Lipinski definition) is 2. The van der Waals surface area contributed by atoms with E-state index in [2.05, 4.69) is 43.0 Å². The number of aromatic nitrogens is 2. The molecule has 102 valence electrons. The van der Waals surface area contributed by atoms with E-state index in [9.17, 15) is 0 Å². The van der Waals surface area contributed by atoms with Gasteiger partial charge in [-0.25, -0.2) is 0 Å². The molecule has 0 bridgehead atoms. The lowest BCUT2D eigenvalue weighted by atomic mass is 9.85. The molecule has 1 aliphatic heterocycles. The molecule has 1 saturated heterocycles. The third kappa shape index (κ3) is 3.14. The Morgan fingerprint density at radius 2 is 2.22 bits per heavy atom. The average Bonchev–Trinajstić information content (AvgIpc) is 2.82. The first-order valence-corrected chi connectivity index (χ1v) is 7.49. The van der Waals surface area contributed by atoms with Gasteiger partial charge in [-0.15, -0.1) is 0 Å². The molecule has 0 spiro atoms. The highest BCUT2D eigenvalue weighted by atomic mass is 15.3. The van der Waals surface area contributed by atoms with Crippen LogP contribution in [-0.2, 0) is 6.42 Å². The fourth-order valence-corrected chi connectivity index (χ4v) is 2.95. The van der Waals surface area contributed by atoms with Crippen molar-refractivity contribution in [2.75, 3.05) is 13.1 Å². The van der Waals surface area contributed by atoms with E-state index < -0.39 is 0 Å². The van der Waals surface area contributed by atoms with Gasteiger partial charge < -0.3 is 5.32 Å². The summed E-state index contributed by atoms with van der Waals surface area (Å²) < 4.78 is 2.16. The molecule has 1 N–H and O–H groups in total. The van der Waals surface area contributed by atoms with Gasteiger partial charge in [-0.3, -0.25) is 4.68 Å². The Hall–Kier alpha value is -0.830. The highest BCUT2D eigenvalue weighted by Crippen LogP contribution is 2.23. The zero-order valence-electron chi connectivity index (χ0n) is 12.0. The second-order valence-corrected chi connectivity index (χ2v) is 5.69. The molecule has 3 nitrogen and oxygen atoms in total. The summed E-state index contributed by atoms with van der Waals surface area (Å²) in [5, 5.41) is 8.27. The fraction of sp³-hybridized carbons (Fsp3) is 0.800. The largest absolute Gasteiger partial charge is 0.316 e. The molecule has 1 aliphatic rings. The molecule has 0 aromatic carbocycles.